The van der Waals surface area contributed by atoms with Crippen LogP contribution in [0, 0.1) is 0 Å². The molecule has 0 amide bonds. The van der Waals surface area contributed by atoms with E-state index in [0.29, 0.717) is 13.2 Å². The van der Waals surface area contributed by atoms with Crippen molar-refractivity contribution in [2.24, 2.45) is 0 Å². The topological polar surface area (TPSA) is 18.5 Å². The van der Waals surface area contributed by atoms with E-state index in [1.807, 2.05) is 12.1 Å². The maximum Gasteiger partial charge on any atom is 0.119 e. The van der Waals surface area contributed by atoms with E-state index in [2.05, 4.69) is 39.8 Å². The number of hydrogen-bond acceptors (Lipinski definition) is 2. The molecule has 0 radical (unpaired) electrons. The second-order valence-electron chi connectivity index (χ2n) is 5.59. The Balaban J connectivity index is 2.27. The Morgan fingerprint density at radius 1 is 0.944 bits per heavy atom. The fourth-order valence-electron chi connectivity index (χ4n) is 1.62. The van der Waals surface area contributed by atoms with Crippen molar-refractivity contribution in [1.29, 1.82) is 0 Å². The van der Waals surface area contributed by atoms with E-state index in [0.717, 1.165) is 18.8 Å². The van der Waals surface area contributed by atoms with Crippen molar-refractivity contribution in [3.05, 3.63) is 29.8 Å². The summed E-state index contributed by atoms with van der Waals surface area (Å²) in [6.07, 6.45) is 2.30. The van der Waals surface area contributed by atoms with Crippen LogP contribution in [0.15, 0.2) is 24.3 Å². The fourth-order valence-corrected chi connectivity index (χ4v) is 1.62. The average molecular weight is 250 g/mol. The van der Waals surface area contributed by atoms with Gasteiger partial charge in [-0.25, -0.2) is 0 Å². The van der Waals surface area contributed by atoms with Gasteiger partial charge in [-0.2, -0.15) is 0 Å². The van der Waals surface area contributed by atoms with E-state index >= 15 is 0 Å². The number of unbranched alkanes of at least 4 members (excludes halogenated alkanes) is 1. The van der Waals surface area contributed by atoms with Crippen LogP contribution in [0.5, 0.6) is 5.75 Å². The first-order valence-electron chi connectivity index (χ1n) is 6.85. The molecule has 0 atom stereocenters. The molecule has 0 N–H and O–H groups in total. The van der Waals surface area contributed by atoms with Gasteiger partial charge in [-0.3, -0.25) is 0 Å². The third kappa shape index (κ3) is 5.54. The molecular weight excluding hydrogens is 224 g/mol. The van der Waals surface area contributed by atoms with Gasteiger partial charge in [-0.15, -0.1) is 0 Å². The van der Waals surface area contributed by atoms with E-state index < -0.39 is 0 Å². The molecule has 1 aromatic carbocycles. The quantitative estimate of drug-likeness (QED) is 0.676. The lowest BCUT2D eigenvalue weighted by molar-refractivity contribution is 0.0980. The lowest BCUT2D eigenvalue weighted by Gasteiger charge is -2.19. The SMILES string of the molecule is CCCCOCCOc1ccc(C(C)(C)C)cc1. The number of hydrogen-bond donors (Lipinski definition) is 0. The van der Waals surface area contributed by atoms with E-state index in [9.17, 15) is 0 Å². The Kier molecular flexibility index (Phi) is 6.20. The van der Waals surface area contributed by atoms with Gasteiger partial charge in [-0.1, -0.05) is 46.2 Å². The van der Waals surface area contributed by atoms with Gasteiger partial charge in [0.15, 0.2) is 0 Å². The highest BCUT2D eigenvalue weighted by Crippen LogP contribution is 2.24. The first kappa shape index (κ1) is 15.0. The molecule has 0 aliphatic rings. The number of rotatable bonds is 7. The van der Waals surface area contributed by atoms with Crippen LogP contribution in [0.4, 0.5) is 0 Å². The summed E-state index contributed by atoms with van der Waals surface area (Å²) < 4.78 is 11.1. The summed E-state index contributed by atoms with van der Waals surface area (Å²) in [6.45, 7) is 10.9. The van der Waals surface area contributed by atoms with Gasteiger partial charge in [0.05, 0.1) is 6.61 Å². The van der Waals surface area contributed by atoms with Crippen LogP contribution < -0.4 is 4.74 Å². The zero-order chi connectivity index (χ0) is 13.4. The molecule has 0 aliphatic heterocycles. The van der Waals surface area contributed by atoms with Crippen molar-refractivity contribution >= 4 is 0 Å². The van der Waals surface area contributed by atoms with Crippen LogP contribution in [0.25, 0.3) is 0 Å². The fraction of sp³-hybridized carbons (Fsp3) is 0.625. The molecule has 18 heavy (non-hydrogen) atoms. The van der Waals surface area contributed by atoms with Gasteiger partial charge in [0.2, 0.25) is 0 Å². The van der Waals surface area contributed by atoms with Crippen molar-refractivity contribution in [3.63, 3.8) is 0 Å². The molecule has 0 fully saturated rings. The third-order valence-electron chi connectivity index (χ3n) is 2.86. The molecule has 0 saturated heterocycles. The molecule has 0 unspecified atom stereocenters. The van der Waals surface area contributed by atoms with Gasteiger partial charge in [0.1, 0.15) is 12.4 Å². The molecule has 0 heterocycles. The van der Waals surface area contributed by atoms with Crippen molar-refractivity contribution < 1.29 is 9.47 Å². The molecular formula is C16H26O2. The van der Waals surface area contributed by atoms with Crippen molar-refractivity contribution in [2.45, 2.75) is 46.0 Å². The van der Waals surface area contributed by atoms with Gasteiger partial charge < -0.3 is 9.47 Å². The van der Waals surface area contributed by atoms with E-state index in [1.165, 1.54) is 12.0 Å². The summed E-state index contributed by atoms with van der Waals surface area (Å²) in [5.74, 6) is 0.919. The standard InChI is InChI=1S/C16H26O2/c1-5-6-11-17-12-13-18-15-9-7-14(8-10-15)16(2,3)4/h7-10H,5-6,11-13H2,1-4H3. The monoisotopic (exact) mass is 250 g/mol. The maximum absolute atomic E-state index is 5.63. The Morgan fingerprint density at radius 2 is 1.61 bits per heavy atom. The van der Waals surface area contributed by atoms with Crippen molar-refractivity contribution in [2.75, 3.05) is 19.8 Å². The van der Waals surface area contributed by atoms with Gasteiger partial charge >= 0.3 is 0 Å². The largest absolute Gasteiger partial charge is 0.491 e. The Labute approximate surface area is 111 Å². The van der Waals surface area contributed by atoms with Crippen LogP contribution in [0.1, 0.15) is 46.1 Å². The summed E-state index contributed by atoms with van der Waals surface area (Å²) in [4.78, 5) is 0. The van der Waals surface area contributed by atoms with E-state index in [-0.39, 0.29) is 5.41 Å². The minimum atomic E-state index is 0.196. The van der Waals surface area contributed by atoms with Crippen LogP contribution in [0.2, 0.25) is 0 Å². The van der Waals surface area contributed by atoms with Crippen LogP contribution >= 0.6 is 0 Å². The highest BCUT2D eigenvalue weighted by atomic mass is 16.5. The number of benzene rings is 1. The molecule has 102 valence electrons. The molecule has 1 aromatic rings. The van der Waals surface area contributed by atoms with E-state index in [1.54, 1.807) is 0 Å². The predicted octanol–water partition coefficient (Wildman–Crippen LogP) is 4.18. The summed E-state index contributed by atoms with van der Waals surface area (Å²) in [5, 5.41) is 0. The average Bonchev–Trinajstić information content (AvgIpc) is 2.33. The molecule has 1 rings (SSSR count). The van der Waals surface area contributed by atoms with Gasteiger partial charge in [0.25, 0.3) is 0 Å². The summed E-state index contributed by atoms with van der Waals surface area (Å²) in [6, 6.07) is 8.33. The Hall–Kier alpha value is -1.02. The highest BCUT2D eigenvalue weighted by Gasteiger charge is 2.12. The summed E-state index contributed by atoms with van der Waals surface area (Å²) in [5.41, 5.74) is 1.52. The minimum Gasteiger partial charge on any atom is -0.491 e. The first-order valence-corrected chi connectivity index (χ1v) is 6.85. The number of ether oxygens (including phenoxy) is 2. The van der Waals surface area contributed by atoms with Crippen molar-refractivity contribution in [1.82, 2.24) is 0 Å². The van der Waals surface area contributed by atoms with Crippen LogP contribution in [0.3, 0.4) is 0 Å². The third-order valence-corrected chi connectivity index (χ3v) is 2.86. The predicted molar refractivity (Wildman–Crippen MR) is 76.4 cm³/mol. The molecule has 0 saturated carbocycles. The van der Waals surface area contributed by atoms with Crippen LogP contribution in [-0.2, 0) is 10.2 Å². The van der Waals surface area contributed by atoms with E-state index in [4.69, 9.17) is 9.47 Å². The van der Waals surface area contributed by atoms with Gasteiger partial charge in [0, 0.05) is 6.61 Å². The molecule has 0 aliphatic carbocycles. The molecule has 0 bridgehead atoms. The molecule has 2 nitrogen and oxygen atoms in total. The Morgan fingerprint density at radius 3 is 2.17 bits per heavy atom. The molecule has 0 spiro atoms. The lowest BCUT2D eigenvalue weighted by Crippen LogP contribution is -2.11. The smallest absolute Gasteiger partial charge is 0.119 e. The zero-order valence-electron chi connectivity index (χ0n) is 12.2. The summed E-state index contributed by atoms with van der Waals surface area (Å²) >= 11 is 0. The Bertz CT molecular complexity index is 322. The highest BCUT2D eigenvalue weighted by molar-refractivity contribution is 5.31. The first-order chi connectivity index (χ1) is 8.54. The van der Waals surface area contributed by atoms with Gasteiger partial charge in [-0.05, 0) is 29.5 Å². The second-order valence-corrected chi connectivity index (χ2v) is 5.59. The van der Waals surface area contributed by atoms with Crippen LogP contribution in [-0.4, -0.2) is 19.8 Å². The summed E-state index contributed by atoms with van der Waals surface area (Å²) in [7, 11) is 0. The lowest BCUT2D eigenvalue weighted by atomic mass is 9.87. The normalized spacial score (nSPS) is 11.6. The minimum absolute atomic E-state index is 0.196. The molecule has 0 aromatic heterocycles. The zero-order valence-corrected chi connectivity index (χ0v) is 12.2. The maximum atomic E-state index is 5.63. The second kappa shape index (κ2) is 7.42. The van der Waals surface area contributed by atoms with Crippen molar-refractivity contribution in [3.8, 4) is 5.75 Å². The molecule has 2 heteroatoms.